The van der Waals surface area contributed by atoms with Gasteiger partial charge in [-0.3, -0.25) is 20.2 Å². The van der Waals surface area contributed by atoms with Gasteiger partial charge < -0.3 is 10.5 Å². The van der Waals surface area contributed by atoms with Gasteiger partial charge in [-0.25, -0.2) is 9.78 Å². The first-order valence-corrected chi connectivity index (χ1v) is 9.30. The van der Waals surface area contributed by atoms with Crippen molar-refractivity contribution >= 4 is 39.7 Å². The number of hydrogen-bond donors (Lipinski definition) is 2. The van der Waals surface area contributed by atoms with Gasteiger partial charge in [0.15, 0.2) is 11.2 Å². The minimum atomic E-state index is -1.16. The van der Waals surface area contributed by atoms with Gasteiger partial charge in [0.05, 0.1) is 16.2 Å². The summed E-state index contributed by atoms with van der Waals surface area (Å²) < 4.78 is 5.10. The normalized spacial score (nSPS) is 11.5. The molecule has 1 heterocycles. The van der Waals surface area contributed by atoms with Crippen LogP contribution >= 0.6 is 11.3 Å². The Hall–Kier alpha value is -3.79. The number of nitrogens with one attached hydrogen (secondary N) is 1. The largest absolute Gasteiger partial charge is 0.449 e. The lowest BCUT2D eigenvalue weighted by Gasteiger charge is -2.13. The van der Waals surface area contributed by atoms with E-state index in [9.17, 15) is 19.7 Å². The van der Waals surface area contributed by atoms with Crippen LogP contribution in [0.25, 0.3) is 11.3 Å². The van der Waals surface area contributed by atoms with E-state index >= 15 is 0 Å². The molecule has 3 rings (SSSR count). The highest BCUT2D eigenvalue weighted by atomic mass is 32.1. The number of hydrogen-bond acceptors (Lipinski definition) is 8. The number of nitrogen functional groups attached to an aromatic ring is 1. The quantitative estimate of drug-likeness (QED) is 0.273. The summed E-state index contributed by atoms with van der Waals surface area (Å²) in [6.45, 7) is 1.38. The van der Waals surface area contributed by atoms with Crippen LogP contribution in [0.1, 0.15) is 17.3 Å². The molecule has 3 aromatic rings. The molecule has 0 saturated carbocycles. The molecule has 29 heavy (non-hydrogen) atoms. The second kappa shape index (κ2) is 8.48. The van der Waals surface area contributed by atoms with Crippen molar-refractivity contribution in [3.8, 4) is 11.3 Å². The first kappa shape index (κ1) is 20.0. The number of nitro groups is 1. The van der Waals surface area contributed by atoms with Gasteiger partial charge in [-0.15, -0.1) is 11.3 Å². The van der Waals surface area contributed by atoms with E-state index < -0.39 is 22.9 Å². The Labute approximate surface area is 169 Å². The summed E-state index contributed by atoms with van der Waals surface area (Å²) in [5.74, 6) is -1.52. The zero-order chi connectivity index (χ0) is 21.0. The minimum absolute atomic E-state index is 0.0145. The number of aromatic nitrogens is 1. The van der Waals surface area contributed by atoms with Gasteiger partial charge in [0.25, 0.3) is 11.6 Å². The van der Waals surface area contributed by atoms with E-state index in [0.717, 1.165) is 11.6 Å². The van der Waals surface area contributed by atoms with E-state index in [-0.39, 0.29) is 16.9 Å². The molecule has 0 fully saturated rings. The standard InChI is InChI=1S/C19H16N4O5S/c1-11(28-18(25)14-9-13(23(26)27)7-8-15(14)20)17(24)22-19-21-16(10-29-19)12-5-3-2-4-6-12/h2-11H,20H2,1H3,(H,21,22,24). The molecule has 0 aliphatic heterocycles. The van der Waals surface area contributed by atoms with Crippen LogP contribution in [0.2, 0.25) is 0 Å². The Balaban J connectivity index is 1.65. The van der Waals surface area contributed by atoms with Gasteiger partial charge in [-0.2, -0.15) is 0 Å². The zero-order valence-corrected chi connectivity index (χ0v) is 16.0. The third-order valence-corrected chi connectivity index (χ3v) is 4.68. The number of anilines is 2. The number of amides is 1. The van der Waals surface area contributed by atoms with Crippen molar-refractivity contribution in [2.75, 3.05) is 11.1 Å². The Morgan fingerprint density at radius 3 is 2.66 bits per heavy atom. The molecule has 1 atom stereocenters. The molecule has 0 saturated heterocycles. The van der Waals surface area contributed by atoms with Crippen molar-refractivity contribution < 1.29 is 19.2 Å². The average Bonchev–Trinajstić information content (AvgIpc) is 3.17. The first-order valence-electron chi connectivity index (χ1n) is 8.42. The average molecular weight is 412 g/mol. The van der Waals surface area contributed by atoms with Gasteiger partial charge in [0, 0.05) is 28.8 Å². The number of nitrogens with two attached hydrogens (primary N) is 1. The first-order chi connectivity index (χ1) is 13.8. The lowest BCUT2D eigenvalue weighted by atomic mass is 10.1. The number of carbonyl (C=O) groups is 2. The summed E-state index contributed by atoms with van der Waals surface area (Å²) in [5.41, 5.74) is 6.83. The van der Waals surface area contributed by atoms with Crippen LogP contribution in [-0.4, -0.2) is 27.9 Å². The summed E-state index contributed by atoms with van der Waals surface area (Å²) >= 11 is 1.23. The predicted octanol–water partition coefficient (Wildman–Crippen LogP) is 3.48. The lowest BCUT2D eigenvalue weighted by Crippen LogP contribution is -2.30. The highest BCUT2D eigenvalue weighted by molar-refractivity contribution is 7.14. The fourth-order valence-electron chi connectivity index (χ4n) is 2.39. The topological polar surface area (TPSA) is 137 Å². The monoisotopic (exact) mass is 412 g/mol. The molecular formula is C19H16N4O5S. The van der Waals surface area contributed by atoms with Crippen LogP contribution in [0.4, 0.5) is 16.5 Å². The fourth-order valence-corrected chi connectivity index (χ4v) is 3.11. The number of nitro benzene ring substituents is 1. The molecule has 2 aromatic carbocycles. The molecule has 148 valence electrons. The minimum Gasteiger partial charge on any atom is -0.449 e. The third kappa shape index (κ3) is 4.74. The summed E-state index contributed by atoms with van der Waals surface area (Å²) in [7, 11) is 0. The molecule has 0 aliphatic rings. The van der Waals surface area contributed by atoms with Gasteiger partial charge in [0.1, 0.15) is 0 Å². The Kier molecular flexibility index (Phi) is 5.84. The summed E-state index contributed by atoms with van der Waals surface area (Å²) in [4.78, 5) is 39.2. The van der Waals surface area contributed by atoms with Crippen LogP contribution in [0.3, 0.4) is 0 Å². The Morgan fingerprint density at radius 1 is 1.24 bits per heavy atom. The zero-order valence-electron chi connectivity index (χ0n) is 15.2. The van der Waals surface area contributed by atoms with Crippen molar-refractivity contribution in [1.29, 1.82) is 0 Å². The van der Waals surface area contributed by atoms with Crippen molar-refractivity contribution in [2.24, 2.45) is 0 Å². The van der Waals surface area contributed by atoms with Gasteiger partial charge in [-0.1, -0.05) is 30.3 Å². The summed E-state index contributed by atoms with van der Waals surface area (Å²) in [5, 5.41) is 15.6. The summed E-state index contributed by atoms with van der Waals surface area (Å²) in [6.07, 6.45) is -1.16. The molecule has 0 radical (unpaired) electrons. The van der Waals surface area contributed by atoms with Crippen LogP contribution < -0.4 is 11.1 Å². The van der Waals surface area contributed by atoms with E-state index in [0.29, 0.717) is 10.8 Å². The molecular weight excluding hydrogens is 396 g/mol. The van der Waals surface area contributed by atoms with Gasteiger partial charge in [0.2, 0.25) is 0 Å². The van der Waals surface area contributed by atoms with Crippen LogP contribution in [0, 0.1) is 10.1 Å². The lowest BCUT2D eigenvalue weighted by molar-refractivity contribution is -0.384. The van der Waals surface area contributed by atoms with Crippen molar-refractivity contribution in [3.05, 3.63) is 69.6 Å². The van der Waals surface area contributed by atoms with E-state index in [1.54, 1.807) is 5.38 Å². The van der Waals surface area contributed by atoms with Gasteiger partial charge in [-0.05, 0) is 13.0 Å². The summed E-state index contributed by atoms with van der Waals surface area (Å²) in [6, 6.07) is 12.9. The smallest absolute Gasteiger partial charge is 0.341 e. The second-order valence-corrected chi connectivity index (χ2v) is 6.83. The molecule has 9 nitrogen and oxygen atoms in total. The van der Waals surface area contributed by atoms with E-state index in [1.807, 2.05) is 30.3 Å². The Morgan fingerprint density at radius 2 is 1.97 bits per heavy atom. The second-order valence-electron chi connectivity index (χ2n) is 5.97. The number of thiazole rings is 1. The van der Waals surface area contributed by atoms with Gasteiger partial charge >= 0.3 is 5.97 Å². The SMILES string of the molecule is CC(OC(=O)c1cc([N+](=O)[O-])ccc1N)C(=O)Nc1nc(-c2ccccc2)cs1. The maximum absolute atomic E-state index is 12.3. The number of rotatable bonds is 6. The van der Waals surface area contributed by atoms with E-state index in [4.69, 9.17) is 10.5 Å². The molecule has 0 aliphatic carbocycles. The highest BCUT2D eigenvalue weighted by Crippen LogP contribution is 2.25. The van der Waals surface area contributed by atoms with E-state index in [1.165, 1.54) is 30.4 Å². The highest BCUT2D eigenvalue weighted by Gasteiger charge is 2.23. The maximum atomic E-state index is 12.3. The number of benzene rings is 2. The van der Waals surface area contributed by atoms with Crippen molar-refractivity contribution in [2.45, 2.75) is 13.0 Å². The molecule has 1 aromatic heterocycles. The molecule has 1 amide bonds. The molecule has 10 heteroatoms. The van der Waals surface area contributed by atoms with Crippen LogP contribution in [0.15, 0.2) is 53.9 Å². The van der Waals surface area contributed by atoms with Crippen molar-refractivity contribution in [3.63, 3.8) is 0 Å². The molecule has 0 spiro atoms. The number of ether oxygens (including phenoxy) is 1. The molecule has 0 bridgehead atoms. The molecule has 1 unspecified atom stereocenters. The maximum Gasteiger partial charge on any atom is 0.341 e. The third-order valence-electron chi connectivity index (χ3n) is 3.92. The predicted molar refractivity (Wildman–Crippen MR) is 109 cm³/mol. The fraction of sp³-hybridized carbons (Fsp3) is 0.105. The number of non-ortho nitro benzene ring substituents is 1. The molecule has 3 N–H and O–H groups in total. The Bertz CT molecular complexity index is 1070. The number of esters is 1. The number of nitrogens with zero attached hydrogens (tertiary/aromatic N) is 2. The van der Waals surface area contributed by atoms with E-state index in [2.05, 4.69) is 10.3 Å². The number of carbonyl (C=O) groups excluding carboxylic acids is 2. The van der Waals surface area contributed by atoms with Crippen LogP contribution in [-0.2, 0) is 9.53 Å². The van der Waals surface area contributed by atoms with Crippen LogP contribution in [0.5, 0.6) is 0 Å². The van der Waals surface area contributed by atoms with Crippen molar-refractivity contribution in [1.82, 2.24) is 4.98 Å².